The molecule has 13 unspecified atom stereocenters. The highest BCUT2D eigenvalue weighted by Gasteiger charge is 2.95. The summed E-state index contributed by atoms with van der Waals surface area (Å²) >= 11 is 0. The van der Waals surface area contributed by atoms with E-state index in [1.807, 2.05) is 256 Å². The molecule has 0 radical (unpaired) electrons. The van der Waals surface area contributed by atoms with Crippen molar-refractivity contribution in [2.45, 2.75) is 68.7 Å². The van der Waals surface area contributed by atoms with Crippen LogP contribution in [0.1, 0.15) is 38.5 Å². The molecule has 0 aromatic heterocycles. The van der Waals surface area contributed by atoms with Crippen LogP contribution >= 0.6 is 0 Å². The van der Waals surface area contributed by atoms with Gasteiger partial charge in [-0.25, -0.2) is 0 Å². The Kier molecular flexibility index (Phi) is 16.0. The standard InChI is InChI=1S/C65H64O20Si10/c1-86(47-27-29-51-49-61(66)70-63(51)68)74-90(55-35-15-5-16-36-55)72-65-73-91(82-90,56-37-17-6-18-38-56)83-92(57-39-19-7-20-40-57)76-87(2,48-28-30-52-50-62(67)71-64(52)69)77-94(59-43-23-9-24-44-59)80-88(65,53-31-11-3-12-32-53)79-93(75-86,58-41-21-8-22-42-58)84-95(85-94,60-45-25-10-26-46-60)81-89(65,78-92)54-33-13-4-14-34-54/h3-26,31-46,51-52H,27-30,47-50H2,1-2H3. The minimum absolute atomic E-state index is 0.0814. The monoisotopic (exact) mass is 1440 g/mol. The Morgan fingerprint density at radius 2 is 0.537 bits per heavy atom. The number of rotatable bonds is 16. The number of carbonyl (C=O) groups is 4. The summed E-state index contributed by atoms with van der Waals surface area (Å²) in [5.41, 5.74) is 0. The lowest BCUT2D eigenvalue weighted by Crippen LogP contribution is -3.00. The average Bonchev–Trinajstić information content (AvgIpc) is 1.61. The second kappa shape index (κ2) is 24.0. The molecule has 9 bridgehead atoms. The maximum absolute atomic E-state index is 13.4. The molecule has 8 aromatic carbocycles. The fourth-order valence-corrected chi connectivity index (χ4v) is 75.2. The molecule has 0 saturated carbocycles. The predicted molar refractivity (Wildman–Crippen MR) is 362 cm³/mol. The normalized spacial score (nSPS) is 36.2. The van der Waals surface area contributed by atoms with E-state index in [0.29, 0.717) is 41.5 Å². The van der Waals surface area contributed by atoms with Crippen molar-refractivity contribution >= 4 is 152 Å². The molecule has 10 heterocycles. The zero-order valence-corrected chi connectivity index (χ0v) is 61.6. The van der Waals surface area contributed by atoms with Crippen molar-refractivity contribution in [3.05, 3.63) is 243 Å². The first-order chi connectivity index (χ1) is 46.0. The molecular formula is C65H64O20Si10. The topological polar surface area (TPSA) is 216 Å². The van der Waals surface area contributed by atoms with Gasteiger partial charge in [-0.2, -0.15) is 0 Å². The third kappa shape index (κ3) is 10.7. The van der Waals surface area contributed by atoms with E-state index in [-0.39, 0.29) is 50.6 Å². The summed E-state index contributed by atoms with van der Waals surface area (Å²) in [5.74, 6) is -3.84. The smallest absolute Gasteiger partial charge is 0.393 e. The summed E-state index contributed by atoms with van der Waals surface area (Å²) in [6.07, 6.45) is 0.859. The quantitative estimate of drug-likeness (QED) is 0.0726. The van der Waals surface area contributed by atoms with Crippen LogP contribution in [0.15, 0.2) is 243 Å². The van der Waals surface area contributed by atoms with E-state index in [4.69, 9.17) is 67.7 Å². The van der Waals surface area contributed by atoms with Crippen LogP contribution in [0.25, 0.3) is 0 Å². The number of esters is 4. The molecule has 30 heteroatoms. The van der Waals surface area contributed by atoms with E-state index in [1.54, 1.807) is 0 Å². The highest BCUT2D eigenvalue weighted by atomic mass is 28.6. The maximum atomic E-state index is 13.4. The number of ether oxygens (including phenoxy) is 2. The average molecular weight is 1450 g/mol. The number of hydrogen-bond donors (Lipinski definition) is 0. The van der Waals surface area contributed by atoms with Crippen molar-refractivity contribution in [2.24, 2.45) is 11.8 Å². The molecule has 10 fully saturated rings. The molecule has 484 valence electrons. The third-order valence-corrected chi connectivity index (χ3v) is 64.1. The second-order valence-corrected chi connectivity index (χ2v) is 56.3. The number of fused-ring (bicyclic) bond motifs is 4. The molecule has 10 aliphatic heterocycles. The largest absolute Gasteiger partial charge is 0.524 e. The van der Waals surface area contributed by atoms with Gasteiger partial charge in [0.1, 0.15) is 0 Å². The zero-order valence-electron chi connectivity index (χ0n) is 51.6. The highest BCUT2D eigenvalue weighted by Crippen LogP contribution is 2.58. The van der Waals surface area contributed by atoms with Crippen LogP contribution in [0.3, 0.4) is 0 Å². The number of benzene rings is 8. The van der Waals surface area contributed by atoms with Crippen LogP contribution < -0.4 is 41.5 Å². The van der Waals surface area contributed by atoms with Gasteiger partial charge in [0.15, 0.2) is 0 Å². The van der Waals surface area contributed by atoms with E-state index in [9.17, 15) is 19.2 Å². The fourth-order valence-electron chi connectivity index (χ4n) is 14.1. The van der Waals surface area contributed by atoms with Crippen LogP contribution in [0.4, 0.5) is 0 Å². The maximum Gasteiger partial charge on any atom is 0.524 e. The van der Waals surface area contributed by atoms with Gasteiger partial charge in [0.25, 0.3) is 0 Å². The Hall–Kier alpha value is -6.35. The first-order valence-electron chi connectivity index (χ1n) is 31.8. The van der Waals surface area contributed by atoms with Crippen molar-refractivity contribution < 1.29 is 86.9 Å². The SMILES string of the molecule is C[Si]1(CCCC2CC(=O)OC2=O)O[Si]2(c3ccccc3)OC34O[Si](c5ccccc5)(O2)O[Si]2(c5ccccc5)O[Si](C)(CCCC5CC(=O)OC5=O)O[Si]5(c6ccccc6)O[Si](c6ccccc6)(O[Si](c6ccccc6)(O1)O[Si]3(c1ccccc1)O5)O[Si]4(c1ccccc1)O2. The molecule has 13 atom stereocenters. The van der Waals surface area contributed by atoms with Gasteiger partial charge in [-0.1, -0.05) is 255 Å². The van der Waals surface area contributed by atoms with E-state index in [2.05, 4.69) is 0 Å². The molecule has 18 rings (SSSR count). The van der Waals surface area contributed by atoms with Gasteiger partial charge in [0.05, 0.1) is 24.7 Å². The van der Waals surface area contributed by atoms with Crippen LogP contribution in [-0.2, 0) is 86.9 Å². The van der Waals surface area contributed by atoms with Crippen molar-refractivity contribution in [2.75, 3.05) is 0 Å². The first kappa shape index (κ1) is 63.4. The third-order valence-electron chi connectivity index (χ3n) is 18.4. The van der Waals surface area contributed by atoms with Gasteiger partial charge in [-0.05, 0) is 48.4 Å². The van der Waals surface area contributed by atoms with Crippen molar-refractivity contribution in [1.82, 2.24) is 0 Å². The van der Waals surface area contributed by atoms with E-state index >= 15 is 0 Å². The van der Waals surface area contributed by atoms with Crippen LogP contribution in [0.5, 0.6) is 0 Å². The van der Waals surface area contributed by atoms with E-state index < -0.39 is 128 Å². The summed E-state index contributed by atoms with van der Waals surface area (Å²) in [6.45, 7) is 3.87. The van der Waals surface area contributed by atoms with Gasteiger partial charge >= 0.3 is 111 Å². The number of hydrogen-bond acceptors (Lipinski definition) is 20. The molecule has 0 amide bonds. The molecule has 95 heavy (non-hydrogen) atoms. The molecule has 8 aromatic rings. The fraction of sp³-hybridized carbons (Fsp3) is 0.200. The highest BCUT2D eigenvalue weighted by molar-refractivity contribution is 7.18. The van der Waals surface area contributed by atoms with Gasteiger partial charge in [-0.15, -0.1) is 0 Å². The summed E-state index contributed by atoms with van der Waals surface area (Å²) in [6, 6.07) is 76.3. The lowest BCUT2D eigenvalue weighted by molar-refractivity contribution is -0.155. The minimum Gasteiger partial charge on any atom is -0.393 e. The predicted octanol–water partition coefficient (Wildman–Crippen LogP) is 4.73. The van der Waals surface area contributed by atoms with E-state index in [0.717, 1.165) is 0 Å². The molecule has 0 N–H and O–H groups in total. The molecule has 1 spiro atoms. The molecular weight excluding hydrogens is 1380 g/mol. The second-order valence-electron chi connectivity index (χ2n) is 25.0. The van der Waals surface area contributed by atoms with Crippen LogP contribution in [0, 0.1) is 11.8 Å². The minimum atomic E-state index is -5.60. The van der Waals surface area contributed by atoms with Crippen molar-refractivity contribution in [3.63, 3.8) is 0 Å². The van der Waals surface area contributed by atoms with Gasteiger partial charge in [0.2, 0.25) is 5.03 Å². The van der Waals surface area contributed by atoms with E-state index in [1.165, 1.54) is 0 Å². The lowest BCUT2D eigenvalue weighted by atomic mass is 10.0. The molecule has 10 saturated heterocycles. The molecule has 20 nitrogen and oxygen atoms in total. The lowest BCUT2D eigenvalue weighted by Gasteiger charge is -2.64. The number of carbonyl (C=O) groups excluding carboxylic acids is 4. The Morgan fingerprint density at radius 3 is 0.821 bits per heavy atom. The Bertz CT molecular complexity index is 4230. The summed E-state index contributed by atoms with van der Waals surface area (Å²) in [4.78, 5) is 52.4. The summed E-state index contributed by atoms with van der Waals surface area (Å²) < 4.78 is 131. The number of cyclic esters (lactones) is 4. The first-order valence-corrected chi connectivity index (χ1v) is 50.8. The molecule has 10 aliphatic rings. The van der Waals surface area contributed by atoms with Crippen molar-refractivity contribution in [3.8, 4) is 0 Å². The Balaban J connectivity index is 1.12. The van der Waals surface area contributed by atoms with Crippen molar-refractivity contribution in [1.29, 1.82) is 0 Å². The van der Waals surface area contributed by atoms with Gasteiger partial charge in [-0.3, -0.25) is 19.2 Å². The molecule has 0 aliphatic carbocycles. The Morgan fingerprint density at radius 1 is 0.305 bits per heavy atom. The Labute approximate surface area is 558 Å². The van der Waals surface area contributed by atoms with Gasteiger partial charge in [0, 0.05) is 31.1 Å². The zero-order chi connectivity index (χ0) is 64.8. The van der Waals surface area contributed by atoms with Crippen LogP contribution in [-0.4, -0.2) is 116 Å². The summed E-state index contributed by atoms with van der Waals surface area (Å²) in [5, 5.41) is 1.10. The van der Waals surface area contributed by atoms with Gasteiger partial charge < -0.3 is 67.7 Å². The summed E-state index contributed by atoms with van der Waals surface area (Å²) in [7, 11) is -51.1. The van der Waals surface area contributed by atoms with Crippen LogP contribution in [0.2, 0.25) is 25.2 Å².